The second kappa shape index (κ2) is 10.1. The van der Waals surface area contributed by atoms with Crippen molar-refractivity contribution in [3.8, 4) is 0 Å². The van der Waals surface area contributed by atoms with Crippen molar-refractivity contribution in [3.63, 3.8) is 0 Å². The number of halogens is 1. The van der Waals surface area contributed by atoms with Gasteiger partial charge in [0.15, 0.2) is 0 Å². The number of carbonyl (C=O) groups is 2. The number of carbonyl (C=O) groups excluding carboxylic acids is 2. The molecule has 2 aliphatic rings. The van der Waals surface area contributed by atoms with Crippen LogP contribution in [0.1, 0.15) is 40.5 Å². The Balaban J connectivity index is 0.00000256. The van der Waals surface area contributed by atoms with Gasteiger partial charge in [0.25, 0.3) is 5.91 Å². The summed E-state index contributed by atoms with van der Waals surface area (Å²) in [5, 5.41) is 7.91. The molecule has 1 unspecified atom stereocenters. The maximum absolute atomic E-state index is 12.8. The van der Waals surface area contributed by atoms with Crippen molar-refractivity contribution >= 4 is 24.2 Å². The highest BCUT2D eigenvalue weighted by Crippen LogP contribution is 2.17. The first kappa shape index (κ1) is 22.3. The predicted octanol–water partition coefficient (Wildman–Crippen LogP) is 2.06. The number of aryl methyl sites for hydroxylation is 1. The lowest BCUT2D eigenvalue weighted by Gasteiger charge is -2.34. The first-order valence-electron chi connectivity index (χ1n) is 10.5. The van der Waals surface area contributed by atoms with Crippen LogP contribution in [0, 0.1) is 6.92 Å². The molecule has 0 saturated carbocycles. The molecule has 2 fully saturated rings. The van der Waals surface area contributed by atoms with Crippen LogP contribution in [-0.2, 0) is 11.2 Å². The van der Waals surface area contributed by atoms with E-state index in [9.17, 15) is 9.59 Å². The summed E-state index contributed by atoms with van der Waals surface area (Å²) in [6.07, 6.45) is 4.54. The molecule has 2 aliphatic heterocycles. The van der Waals surface area contributed by atoms with E-state index >= 15 is 0 Å². The van der Waals surface area contributed by atoms with E-state index in [0.717, 1.165) is 31.5 Å². The molecule has 2 aromatic rings. The zero-order chi connectivity index (χ0) is 20.2. The highest BCUT2D eigenvalue weighted by atomic mass is 35.5. The van der Waals surface area contributed by atoms with Gasteiger partial charge >= 0.3 is 0 Å². The zero-order valence-corrected chi connectivity index (χ0v) is 18.2. The van der Waals surface area contributed by atoms with Gasteiger partial charge in [-0.2, -0.15) is 5.10 Å². The number of amides is 2. The van der Waals surface area contributed by atoms with Crippen LogP contribution in [-0.4, -0.2) is 70.7 Å². The van der Waals surface area contributed by atoms with Crippen LogP contribution in [0.2, 0.25) is 0 Å². The highest BCUT2D eigenvalue weighted by Gasteiger charge is 2.26. The van der Waals surface area contributed by atoms with Gasteiger partial charge in [0, 0.05) is 38.9 Å². The predicted molar refractivity (Wildman–Crippen MR) is 118 cm³/mol. The zero-order valence-electron chi connectivity index (χ0n) is 17.4. The van der Waals surface area contributed by atoms with Crippen molar-refractivity contribution in [2.24, 2.45) is 0 Å². The molecule has 3 heterocycles. The lowest BCUT2D eigenvalue weighted by molar-refractivity contribution is -0.131. The highest BCUT2D eigenvalue weighted by molar-refractivity contribution is 5.92. The average Bonchev–Trinajstić information content (AvgIpc) is 3.26. The van der Waals surface area contributed by atoms with Gasteiger partial charge in [0.2, 0.25) is 5.91 Å². The molecule has 1 atom stereocenters. The van der Waals surface area contributed by atoms with E-state index in [0.29, 0.717) is 44.3 Å². The molecular formula is C22H30ClN5O2. The maximum atomic E-state index is 12.8. The average molecular weight is 432 g/mol. The third-order valence-electron chi connectivity index (χ3n) is 5.87. The molecule has 1 aromatic heterocycles. The largest absolute Gasteiger partial charge is 0.339 e. The standard InChI is InChI=1S/C22H29N5O2.ClH/c1-17-4-6-18(7-5-17)15-21(28)25-11-13-26(14-12-25)22(29)20-8-10-27(24-20)19-3-2-9-23-16-19;/h4-8,10,19,23H,2-3,9,11-16H2,1H3;1H. The van der Waals surface area contributed by atoms with E-state index < -0.39 is 0 Å². The Morgan fingerprint density at radius 1 is 1.07 bits per heavy atom. The van der Waals surface area contributed by atoms with E-state index in [2.05, 4.69) is 10.4 Å². The quantitative estimate of drug-likeness (QED) is 0.804. The Morgan fingerprint density at radius 3 is 2.43 bits per heavy atom. The summed E-state index contributed by atoms with van der Waals surface area (Å²) in [7, 11) is 0. The molecule has 30 heavy (non-hydrogen) atoms. The molecule has 2 saturated heterocycles. The Labute approximate surface area is 183 Å². The lowest BCUT2D eigenvalue weighted by atomic mass is 10.1. The number of piperazine rings is 1. The van der Waals surface area contributed by atoms with Crippen molar-refractivity contribution in [2.75, 3.05) is 39.3 Å². The molecule has 2 amide bonds. The van der Waals surface area contributed by atoms with Gasteiger partial charge in [-0.1, -0.05) is 29.8 Å². The minimum absolute atomic E-state index is 0. The van der Waals surface area contributed by atoms with E-state index in [1.807, 2.05) is 53.0 Å². The molecule has 0 aliphatic carbocycles. The minimum atomic E-state index is -0.0434. The summed E-state index contributed by atoms with van der Waals surface area (Å²) in [5.74, 6) is 0.0770. The SMILES string of the molecule is Cc1ccc(CC(=O)N2CCN(C(=O)c3ccn(C4CCCNC4)n3)CC2)cc1.Cl. The van der Waals surface area contributed by atoms with Crippen LogP contribution >= 0.6 is 12.4 Å². The van der Waals surface area contributed by atoms with Crippen molar-refractivity contribution in [3.05, 3.63) is 53.3 Å². The van der Waals surface area contributed by atoms with Crippen LogP contribution in [0.5, 0.6) is 0 Å². The van der Waals surface area contributed by atoms with Gasteiger partial charge in [-0.25, -0.2) is 0 Å². The normalized spacial score (nSPS) is 19.3. The van der Waals surface area contributed by atoms with Gasteiger partial charge in [0.05, 0.1) is 12.5 Å². The Hall–Kier alpha value is -2.38. The molecule has 1 N–H and O–H groups in total. The first-order valence-corrected chi connectivity index (χ1v) is 10.5. The number of rotatable bonds is 4. The molecule has 7 nitrogen and oxygen atoms in total. The van der Waals surface area contributed by atoms with Crippen LogP contribution in [0.3, 0.4) is 0 Å². The molecule has 8 heteroatoms. The first-order chi connectivity index (χ1) is 14.1. The second-order valence-electron chi connectivity index (χ2n) is 8.02. The Morgan fingerprint density at radius 2 is 1.77 bits per heavy atom. The van der Waals surface area contributed by atoms with E-state index in [-0.39, 0.29) is 24.2 Å². The van der Waals surface area contributed by atoms with E-state index in [1.54, 1.807) is 4.90 Å². The maximum Gasteiger partial charge on any atom is 0.274 e. The summed E-state index contributed by atoms with van der Waals surface area (Å²) >= 11 is 0. The number of hydrogen-bond acceptors (Lipinski definition) is 4. The lowest BCUT2D eigenvalue weighted by Crippen LogP contribution is -2.51. The van der Waals surface area contributed by atoms with Crippen LogP contribution in [0.15, 0.2) is 36.5 Å². The van der Waals surface area contributed by atoms with E-state index in [1.165, 1.54) is 5.56 Å². The fourth-order valence-electron chi connectivity index (χ4n) is 4.03. The Kier molecular flexibility index (Phi) is 7.50. The van der Waals surface area contributed by atoms with Crippen molar-refractivity contribution in [1.29, 1.82) is 0 Å². The monoisotopic (exact) mass is 431 g/mol. The van der Waals surface area contributed by atoms with Crippen LogP contribution in [0.4, 0.5) is 0 Å². The molecular weight excluding hydrogens is 402 g/mol. The van der Waals surface area contributed by atoms with Crippen LogP contribution < -0.4 is 5.32 Å². The molecule has 0 bridgehead atoms. The number of aromatic nitrogens is 2. The number of hydrogen-bond donors (Lipinski definition) is 1. The third kappa shape index (κ3) is 5.21. The van der Waals surface area contributed by atoms with E-state index in [4.69, 9.17) is 0 Å². The van der Waals surface area contributed by atoms with Crippen LogP contribution in [0.25, 0.3) is 0 Å². The molecule has 1 aromatic carbocycles. The van der Waals surface area contributed by atoms with Gasteiger partial charge in [-0.3, -0.25) is 14.3 Å². The number of nitrogens with one attached hydrogen (secondary N) is 1. The van der Waals surface area contributed by atoms with Crippen molar-refractivity contribution in [1.82, 2.24) is 24.9 Å². The number of benzene rings is 1. The molecule has 0 radical (unpaired) electrons. The number of piperidine rings is 1. The fourth-order valence-corrected chi connectivity index (χ4v) is 4.03. The second-order valence-corrected chi connectivity index (χ2v) is 8.02. The van der Waals surface area contributed by atoms with Gasteiger partial charge in [-0.15, -0.1) is 12.4 Å². The van der Waals surface area contributed by atoms with Crippen molar-refractivity contribution in [2.45, 2.75) is 32.2 Å². The molecule has 162 valence electrons. The number of nitrogens with zero attached hydrogens (tertiary/aromatic N) is 4. The smallest absolute Gasteiger partial charge is 0.274 e. The fraction of sp³-hybridized carbons (Fsp3) is 0.500. The molecule has 4 rings (SSSR count). The Bertz CT molecular complexity index is 853. The summed E-state index contributed by atoms with van der Waals surface area (Å²) in [6, 6.07) is 10.2. The summed E-state index contributed by atoms with van der Waals surface area (Å²) in [4.78, 5) is 29.1. The summed E-state index contributed by atoms with van der Waals surface area (Å²) in [5.41, 5.74) is 2.72. The third-order valence-corrected chi connectivity index (χ3v) is 5.87. The molecule has 0 spiro atoms. The summed E-state index contributed by atoms with van der Waals surface area (Å²) in [6.45, 7) is 6.24. The van der Waals surface area contributed by atoms with Gasteiger partial charge in [0.1, 0.15) is 5.69 Å². The van der Waals surface area contributed by atoms with Crippen molar-refractivity contribution < 1.29 is 9.59 Å². The topological polar surface area (TPSA) is 70.5 Å². The minimum Gasteiger partial charge on any atom is -0.339 e. The summed E-state index contributed by atoms with van der Waals surface area (Å²) < 4.78 is 1.92. The van der Waals surface area contributed by atoms with Gasteiger partial charge in [-0.05, 0) is 37.9 Å². The van der Waals surface area contributed by atoms with Gasteiger partial charge < -0.3 is 15.1 Å².